The third kappa shape index (κ3) is 5.21. The summed E-state index contributed by atoms with van der Waals surface area (Å²) < 4.78 is 5.28. The molecule has 0 aliphatic carbocycles. The van der Waals surface area contributed by atoms with E-state index in [9.17, 15) is 4.79 Å². The molecule has 134 valence electrons. The fraction of sp³-hybridized carbons (Fsp3) is 0.350. The molecule has 0 saturated carbocycles. The molecule has 4 nitrogen and oxygen atoms in total. The highest BCUT2D eigenvalue weighted by atomic mass is 35.5. The van der Waals surface area contributed by atoms with Gasteiger partial charge in [-0.15, -0.1) is 0 Å². The SMILES string of the molecule is COc1ccc(C(NC(=O)CCC(C)N)c2ccccc2Cl)c(C)c1. The Labute approximate surface area is 154 Å². The summed E-state index contributed by atoms with van der Waals surface area (Å²) in [6.07, 6.45) is 1.02. The van der Waals surface area contributed by atoms with Crippen LogP contribution in [0.1, 0.15) is 42.5 Å². The Morgan fingerprint density at radius 2 is 1.96 bits per heavy atom. The van der Waals surface area contributed by atoms with Crippen molar-refractivity contribution in [2.45, 2.75) is 38.8 Å². The number of hydrogen-bond acceptors (Lipinski definition) is 3. The standard InChI is InChI=1S/C20H25ClN2O2/c1-13-12-15(25-3)9-10-16(13)20(17-6-4-5-7-18(17)21)23-19(24)11-8-14(2)22/h4-7,9-10,12,14,20H,8,11,22H2,1-3H3,(H,23,24). The predicted octanol–water partition coefficient (Wildman–Crippen LogP) is 3.99. The molecule has 0 fully saturated rings. The highest BCUT2D eigenvalue weighted by Gasteiger charge is 2.21. The first kappa shape index (κ1) is 19.3. The monoisotopic (exact) mass is 360 g/mol. The van der Waals surface area contributed by atoms with E-state index in [2.05, 4.69) is 5.32 Å². The predicted molar refractivity (Wildman–Crippen MR) is 102 cm³/mol. The fourth-order valence-corrected chi connectivity index (χ4v) is 2.97. The smallest absolute Gasteiger partial charge is 0.220 e. The quantitative estimate of drug-likeness (QED) is 0.784. The average Bonchev–Trinajstić information content (AvgIpc) is 2.59. The van der Waals surface area contributed by atoms with Crippen molar-refractivity contribution in [3.05, 3.63) is 64.2 Å². The van der Waals surface area contributed by atoms with E-state index in [4.69, 9.17) is 22.1 Å². The van der Waals surface area contributed by atoms with E-state index in [1.165, 1.54) is 0 Å². The molecule has 2 rings (SSSR count). The molecule has 0 radical (unpaired) electrons. The van der Waals surface area contributed by atoms with E-state index in [0.717, 1.165) is 22.4 Å². The number of nitrogens with two attached hydrogens (primary N) is 1. The maximum absolute atomic E-state index is 12.4. The molecular weight excluding hydrogens is 336 g/mol. The molecule has 2 aromatic carbocycles. The van der Waals surface area contributed by atoms with Crippen LogP contribution < -0.4 is 15.8 Å². The maximum Gasteiger partial charge on any atom is 0.220 e. The summed E-state index contributed by atoms with van der Waals surface area (Å²) in [5.74, 6) is 0.736. The van der Waals surface area contributed by atoms with Gasteiger partial charge < -0.3 is 15.8 Å². The minimum Gasteiger partial charge on any atom is -0.497 e. The lowest BCUT2D eigenvalue weighted by Gasteiger charge is -2.23. The molecule has 0 heterocycles. The van der Waals surface area contributed by atoms with Gasteiger partial charge in [-0.25, -0.2) is 0 Å². The number of hydrogen-bond donors (Lipinski definition) is 2. The second kappa shape index (κ2) is 8.88. The van der Waals surface area contributed by atoms with Crippen molar-refractivity contribution < 1.29 is 9.53 Å². The molecule has 0 aromatic heterocycles. The number of aryl methyl sites for hydroxylation is 1. The van der Waals surface area contributed by atoms with Gasteiger partial charge >= 0.3 is 0 Å². The van der Waals surface area contributed by atoms with E-state index in [-0.39, 0.29) is 18.0 Å². The van der Waals surface area contributed by atoms with Crippen LogP contribution >= 0.6 is 11.6 Å². The van der Waals surface area contributed by atoms with Crippen molar-refractivity contribution in [3.8, 4) is 5.75 Å². The summed E-state index contributed by atoms with van der Waals surface area (Å²) in [5.41, 5.74) is 8.64. The van der Waals surface area contributed by atoms with Gasteiger partial charge in [-0.1, -0.05) is 35.9 Å². The van der Waals surface area contributed by atoms with E-state index in [1.54, 1.807) is 7.11 Å². The number of rotatable bonds is 7. The summed E-state index contributed by atoms with van der Waals surface area (Å²) >= 11 is 6.39. The van der Waals surface area contributed by atoms with Crippen molar-refractivity contribution in [1.82, 2.24) is 5.32 Å². The topological polar surface area (TPSA) is 64.3 Å². The van der Waals surface area contributed by atoms with Gasteiger partial charge in [0.25, 0.3) is 0 Å². The molecule has 0 aliphatic rings. The van der Waals surface area contributed by atoms with Crippen LogP contribution in [0.5, 0.6) is 5.75 Å². The number of amides is 1. The van der Waals surface area contributed by atoms with E-state index < -0.39 is 0 Å². The van der Waals surface area contributed by atoms with Crippen LogP contribution in [0.15, 0.2) is 42.5 Å². The lowest BCUT2D eigenvalue weighted by atomic mass is 9.94. The van der Waals surface area contributed by atoms with Crippen LogP contribution in [0, 0.1) is 6.92 Å². The number of methoxy groups -OCH3 is 1. The molecule has 2 atom stereocenters. The zero-order chi connectivity index (χ0) is 18.4. The van der Waals surface area contributed by atoms with E-state index in [0.29, 0.717) is 17.9 Å². The largest absolute Gasteiger partial charge is 0.497 e. The third-order valence-corrected chi connectivity index (χ3v) is 4.48. The summed E-state index contributed by atoms with van der Waals surface area (Å²) in [7, 11) is 1.63. The van der Waals surface area contributed by atoms with E-state index in [1.807, 2.05) is 56.3 Å². The van der Waals surface area contributed by atoms with Crippen molar-refractivity contribution in [3.63, 3.8) is 0 Å². The fourth-order valence-electron chi connectivity index (χ4n) is 2.72. The minimum absolute atomic E-state index is 0.00719. The van der Waals surface area contributed by atoms with Crippen LogP contribution in [-0.4, -0.2) is 19.1 Å². The lowest BCUT2D eigenvalue weighted by molar-refractivity contribution is -0.121. The molecule has 0 saturated heterocycles. The number of carbonyl (C=O) groups excluding carboxylic acids is 1. The Morgan fingerprint density at radius 3 is 2.56 bits per heavy atom. The van der Waals surface area contributed by atoms with Crippen molar-refractivity contribution >= 4 is 17.5 Å². The molecule has 0 aliphatic heterocycles. The Morgan fingerprint density at radius 1 is 1.24 bits per heavy atom. The van der Waals surface area contributed by atoms with Crippen LogP contribution in [-0.2, 0) is 4.79 Å². The molecule has 5 heteroatoms. The highest BCUT2D eigenvalue weighted by molar-refractivity contribution is 6.31. The maximum atomic E-state index is 12.4. The number of ether oxygens (including phenoxy) is 1. The van der Waals surface area contributed by atoms with Crippen molar-refractivity contribution in [2.24, 2.45) is 5.73 Å². The van der Waals surface area contributed by atoms with Gasteiger partial charge in [-0.2, -0.15) is 0 Å². The van der Waals surface area contributed by atoms with Crippen molar-refractivity contribution in [2.75, 3.05) is 7.11 Å². The van der Waals surface area contributed by atoms with Gasteiger partial charge in [-0.3, -0.25) is 4.79 Å². The Kier molecular flexibility index (Phi) is 6.85. The number of nitrogens with one attached hydrogen (secondary N) is 1. The molecule has 3 N–H and O–H groups in total. The third-order valence-electron chi connectivity index (χ3n) is 4.14. The van der Waals surface area contributed by atoms with Gasteiger partial charge in [0.15, 0.2) is 0 Å². The van der Waals surface area contributed by atoms with Crippen LogP contribution in [0.4, 0.5) is 0 Å². The second-order valence-electron chi connectivity index (χ2n) is 6.26. The zero-order valence-electron chi connectivity index (χ0n) is 14.9. The highest BCUT2D eigenvalue weighted by Crippen LogP contribution is 2.31. The first-order chi connectivity index (χ1) is 11.9. The summed E-state index contributed by atoms with van der Waals surface area (Å²) in [5, 5.41) is 3.72. The number of benzene rings is 2. The Balaban J connectivity index is 2.36. The average molecular weight is 361 g/mol. The Hall–Kier alpha value is -2.04. The Bertz CT molecular complexity index is 731. The zero-order valence-corrected chi connectivity index (χ0v) is 15.6. The molecule has 1 amide bonds. The molecule has 0 spiro atoms. The van der Waals surface area contributed by atoms with Gasteiger partial charge in [0.1, 0.15) is 5.75 Å². The van der Waals surface area contributed by atoms with Gasteiger partial charge in [0, 0.05) is 17.5 Å². The van der Waals surface area contributed by atoms with Crippen LogP contribution in [0.3, 0.4) is 0 Å². The first-order valence-electron chi connectivity index (χ1n) is 8.36. The molecule has 0 bridgehead atoms. The summed E-state index contributed by atoms with van der Waals surface area (Å²) in [6.45, 7) is 3.89. The summed E-state index contributed by atoms with van der Waals surface area (Å²) in [4.78, 5) is 12.4. The number of halogens is 1. The molecule has 2 unspecified atom stereocenters. The van der Waals surface area contributed by atoms with Gasteiger partial charge in [0.05, 0.1) is 13.2 Å². The van der Waals surface area contributed by atoms with Gasteiger partial charge in [0.2, 0.25) is 5.91 Å². The summed E-state index contributed by atoms with van der Waals surface area (Å²) in [6, 6.07) is 13.0. The minimum atomic E-state index is -0.319. The second-order valence-corrected chi connectivity index (χ2v) is 6.67. The van der Waals surface area contributed by atoms with E-state index >= 15 is 0 Å². The molecular formula is C20H25ClN2O2. The number of carbonyl (C=O) groups is 1. The molecule has 2 aromatic rings. The molecule has 25 heavy (non-hydrogen) atoms. The van der Waals surface area contributed by atoms with Crippen molar-refractivity contribution in [1.29, 1.82) is 0 Å². The van der Waals surface area contributed by atoms with Crippen LogP contribution in [0.2, 0.25) is 5.02 Å². The first-order valence-corrected chi connectivity index (χ1v) is 8.74. The lowest BCUT2D eigenvalue weighted by Crippen LogP contribution is -2.31. The van der Waals surface area contributed by atoms with Gasteiger partial charge in [-0.05, 0) is 55.2 Å². The normalized spacial score (nSPS) is 13.2. The van der Waals surface area contributed by atoms with Crippen LogP contribution in [0.25, 0.3) is 0 Å².